The van der Waals surface area contributed by atoms with E-state index in [1.807, 2.05) is 47.8 Å². The Kier molecular flexibility index (Phi) is 9.04. The van der Waals surface area contributed by atoms with E-state index in [0.29, 0.717) is 29.7 Å². The maximum atomic E-state index is 13.9. The summed E-state index contributed by atoms with van der Waals surface area (Å²) in [5, 5.41) is 18.0. The number of benzene rings is 2. The molecule has 0 unspecified atom stereocenters. The van der Waals surface area contributed by atoms with Crippen molar-refractivity contribution in [2.45, 2.75) is 38.1 Å². The molecule has 12 heteroatoms. The van der Waals surface area contributed by atoms with E-state index < -0.39 is 6.04 Å². The van der Waals surface area contributed by atoms with Gasteiger partial charge < -0.3 is 19.7 Å². The highest BCUT2D eigenvalue weighted by Crippen LogP contribution is 2.29. The average molecular weight is 581 g/mol. The number of methoxy groups -OCH3 is 1. The van der Waals surface area contributed by atoms with E-state index >= 15 is 0 Å². The molecule has 2 amide bonds. The van der Waals surface area contributed by atoms with Crippen molar-refractivity contribution >= 4 is 34.8 Å². The van der Waals surface area contributed by atoms with Gasteiger partial charge in [-0.15, -0.1) is 21.5 Å². The Bertz CT molecular complexity index is 1420. The molecule has 5 rings (SSSR count). The quantitative estimate of drug-likeness (QED) is 0.284. The topological polar surface area (TPSA) is 111 Å². The molecule has 1 aliphatic rings. The van der Waals surface area contributed by atoms with Crippen molar-refractivity contribution in [2.75, 3.05) is 20.3 Å². The predicted octanol–water partition coefficient (Wildman–Crippen LogP) is 4.13. The van der Waals surface area contributed by atoms with Crippen LogP contribution in [0.5, 0.6) is 5.75 Å². The van der Waals surface area contributed by atoms with Crippen LogP contribution in [-0.2, 0) is 27.4 Å². The molecule has 1 saturated heterocycles. The van der Waals surface area contributed by atoms with Crippen molar-refractivity contribution in [1.82, 2.24) is 30.4 Å². The summed E-state index contributed by atoms with van der Waals surface area (Å²) in [6, 6.07) is 17.3. The summed E-state index contributed by atoms with van der Waals surface area (Å²) in [6.45, 7) is 0.975. The van der Waals surface area contributed by atoms with Crippen LogP contribution in [0.3, 0.4) is 0 Å². The molecule has 1 N–H and O–H groups in total. The van der Waals surface area contributed by atoms with E-state index in [-0.39, 0.29) is 31.0 Å². The molecule has 0 spiro atoms. The zero-order chi connectivity index (χ0) is 27.9. The maximum Gasteiger partial charge on any atom is 0.248 e. The standard InChI is InChI=1S/C28H29ClN6O4S/c1-38-21-12-10-19(11-13-21)27-31-33-35(32-27)18-25(36)34(17-20-6-2-3-8-23(20)29)26(24-9-5-15-40-24)28(37)30-16-22-7-4-14-39-22/h2-3,5-6,8-13,15,22,26H,4,7,14,16-18H2,1H3,(H,30,37)/t22-,26+/m1/s1. The van der Waals surface area contributed by atoms with E-state index in [1.54, 1.807) is 25.3 Å². The number of nitrogens with zero attached hydrogens (tertiary/aromatic N) is 5. The minimum atomic E-state index is -0.880. The van der Waals surface area contributed by atoms with Crippen LogP contribution in [0, 0.1) is 0 Å². The number of ether oxygens (including phenoxy) is 2. The van der Waals surface area contributed by atoms with Gasteiger partial charge in [-0.05, 0) is 65.4 Å². The molecular weight excluding hydrogens is 552 g/mol. The van der Waals surface area contributed by atoms with Crippen LogP contribution >= 0.6 is 22.9 Å². The number of carbonyl (C=O) groups is 2. The Morgan fingerprint density at radius 2 is 2.02 bits per heavy atom. The van der Waals surface area contributed by atoms with Gasteiger partial charge in [0.25, 0.3) is 0 Å². The SMILES string of the molecule is COc1ccc(-c2nnn(CC(=O)N(Cc3ccccc3Cl)[C@H](C(=O)NC[C@H]3CCCO3)c3cccs3)n2)cc1. The summed E-state index contributed by atoms with van der Waals surface area (Å²) in [4.78, 5) is 31.1. The average Bonchev–Trinajstić information content (AvgIpc) is 3.77. The molecule has 0 radical (unpaired) electrons. The Labute approximate surface area is 240 Å². The van der Waals surface area contributed by atoms with E-state index in [9.17, 15) is 9.59 Å². The molecule has 0 aliphatic carbocycles. The molecule has 40 heavy (non-hydrogen) atoms. The maximum absolute atomic E-state index is 13.9. The van der Waals surface area contributed by atoms with Crippen LogP contribution in [0.4, 0.5) is 0 Å². The molecule has 208 valence electrons. The number of aromatic nitrogens is 4. The molecule has 1 aliphatic heterocycles. The van der Waals surface area contributed by atoms with E-state index in [1.165, 1.54) is 21.0 Å². The lowest BCUT2D eigenvalue weighted by Crippen LogP contribution is -2.45. The fraction of sp³-hybridized carbons (Fsp3) is 0.321. The van der Waals surface area contributed by atoms with Gasteiger partial charge in [0.05, 0.1) is 13.2 Å². The van der Waals surface area contributed by atoms with Gasteiger partial charge in [0.15, 0.2) is 0 Å². The number of rotatable bonds is 11. The molecule has 0 bridgehead atoms. The van der Waals surface area contributed by atoms with Crippen LogP contribution in [0.15, 0.2) is 66.0 Å². The highest BCUT2D eigenvalue weighted by molar-refractivity contribution is 7.10. The molecule has 0 saturated carbocycles. The highest BCUT2D eigenvalue weighted by atomic mass is 35.5. The van der Waals surface area contributed by atoms with Gasteiger partial charge in [0.1, 0.15) is 18.3 Å². The lowest BCUT2D eigenvalue weighted by Gasteiger charge is -2.31. The Hall–Kier alpha value is -3.80. The van der Waals surface area contributed by atoms with E-state index in [4.69, 9.17) is 21.1 Å². The van der Waals surface area contributed by atoms with Gasteiger partial charge in [-0.1, -0.05) is 35.9 Å². The summed E-state index contributed by atoms with van der Waals surface area (Å²) in [5.41, 5.74) is 1.45. The number of amides is 2. The number of hydrogen-bond acceptors (Lipinski definition) is 8. The third-order valence-electron chi connectivity index (χ3n) is 6.60. The zero-order valence-electron chi connectivity index (χ0n) is 21.9. The number of nitrogens with one attached hydrogen (secondary N) is 1. The van der Waals surface area contributed by atoms with Crippen molar-refractivity contribution in [2.24, 2.45) is 0 Å². The van der Waals surface area contributed by atoms with Gasteiger partial charge in [-0.2, -0.15) is 4.80 Å². The number of tetrazole rings is 1. The predicted molar refractivity (Wildman–Crippen MR) is 151 cm³/mol. The second kappa shape index (κ2) is 13.0. The van der Waals surface area contributed by atoms with Crippen LogP contribution in [0.1, 0.15) is 29.3 Å². The fourth-order valence-corrected chi connectivity index (χ4v) is 5.53. The van der Waals surface area contributed by atoms with Crippen LogP contribution in [0.2, 0.25) is 5.02 Å². The van der Waals surface area contributed by atoms with Crippen LogP contribution in [0.25, 0.3) is 11.4 Å². The molecule has 4 aromatic rings. The summed E-state index contributed by atoms with van der Waals surface area (Å²) in [5.74, 6) is 0.434. The van der Waals surface area contributed by atoms with Crippen molar-refractivity contribution in [1.29, 1.82) is 0 Å². The molecular formula is C28H29ClN6O4S. The first-order valence-corrected chi connectivity index (χ1v) is 14.2. The summed E-state index contributed by atoms with van der Waals surface area (Å²) < 4.78 is 10.9. The van der Waals surface area contributed by atoms with E-state index in [0.717, 1.165) is 28.8 Å². The van der Waals surface area contributed by atoms with Crippen molar-refractivity contribution < 1.29 is 19.1 Å². The van der Waals surface area contributed by atoms with Crippen LogP contribution < -0.4 is 10.1 Å². The fourth-order valence-electron chi connectivity index (χ4n) is 4.50. The first kappa shape index (κ1) is 27.8. The Morgan fingerprint density at radius 3 is 2.73 bits per heavy atom. The summed E-state index contributed by atoms with van der Waals surface area (Å²) in [7, 11) is 1.59. The lowest BCUT2D eigenvalue weighted by molar-refractivity contribution is -0.142. The number of halogens is 1. The van der Waals surface area contributed by atoms with Gasteiger partial charge in [-0.25, -0.2) is 0 Å². The minimum Gasteiger partial charge on any atom is -0.497 e. The largest absolute Gasteiger partial charge is 0.497 e. The smallest absolute Gasteiger partial charge is 0.248 e. The van der Waals surface area contributed by atoms with Crippen molar-refractivity contribution in [3.8, 4) is 17.1 Å². The molecule has 2 aromatic heterocycles. The van der Waals surface area contributed by atoms with Crippen molar-refractivity contribution in [3.05, 3.63) is 81.5 Å². The summed E-state index contributed by atoms with van der Waals surface area (Å²) in [6.07, 6.45) is 1.83. The number of hydrogen-bond donors (Lipinski definition) is 1. The van der Waals surface area contributed by atoms with Crippen molar-refractivity contribution in [3.63, 3.8) is 0 Å². The Morgan fingerprint density at radius 1 is 1.20 bits per heavy atom. The molecule has 2 atom stereocenters. The highest BCUT2D eigenvalue weighted by Gasteiger charge is 2.34. The second-order valence-corrected chi connectivity index (χ2v) is 10.7. The summed E-state index contributed by atoms with van der Waals surface area (Å²) >= 11 is 7.89. The van der Waals surface area contributed by atoms with Gasteiger partial charge in [0, 0.05) is 35.2 Å². The Balaban J connectivity index is 1.41. The van der Waals surface area contributed by atoms with Gasteiger partial charge in [-0.3, -0.25) is 9.59 Å². The van der Waals surface area contributed by atoms with Crippen LogP contribution in [-0.4, -0.2) is 63.3 Å². The first-order chi connectivity index (χ1) is 19.5. The monoisotopic (exact) mass is 580 g/mol. The third-order valence-corrected chi connectivity index (χ3v) is 7.89. The molecule has 1 fully saturated rings. The normalized spacial score (nSPS) is 15.5. The molecule has 2 aromatic carbocycles. The number of carbonyl (C=O) groups excluding carboxylic acids is 2. The third kappa shape index (κ3) is 6.67. The zero-order valence-corrected chi connectivity index (χ0v) is 23.5. The lowest BCUT2D eigenvalue weighted by atomic mass is 10.1. The number of thiophene rings is 1. The minimum absolute atomic E-state index is 0.0311. The molecule has 10 nitrogen and oxygen atoms in total. The first-order valence-electron chi connectivity index (χ1n) is 12.9. The molecule has 3 heterocycles. The van der Waals surface area contributed by atoms with Gasteiger partial charge >= 0.3 is 0 Å². The second-order valence-electron chi connectivity index (χ2n) is 9.28. The van der Waals surface area contributed by atoms with Gasteiger partial charge in [0.2, 0.25) is 17.6 Å². The van der Waals surface area contributed by atoms with E-state index in [2.05, 4.69) is 20.7 Å².